The van der Waals surface area contributed by atoms with Crippen LogP contribution in [0, 0.1) is 9.39 Å². The van der Waals surface area contributed by atoms with Crippen LogP contribution in [0.2, 0.25) is 0 Å². The molecule has 1 heterocycles. The van der Waals surface area contributed by atoms with Crippen molar-refractivity contribution in [3.8, 4) is 5.75 Å². The van der Waals surface area contributed by atoms with Crippen molar-refractivity contribution < 1.29 is 28.2 Å². The Morgan fingerprint density at radius 3 is 2.57 bits per heavy atom. The molecule has 1 aliphatic heterocycles. The number of imide groups is 1. The molecule has 0 aliphatic carbocycles. The molecule has 1 saturated heterocycles. The van der Waals surface area contributed by atoms with E-state index < -0.39 is 23.2 Å². The van der Waals surface area contributed by atoms with Crippen LogP contribution in [-0.4, -0.2) is 35.2 Å². The van der Waals surface area contributed by atoms with Crippen molar-refractivity contribution in [1.29, 1.82) is 0 Å². The van der Waals surface area contributed by atoms with Crippen molar-refractivity contribution in [2.24, 2.45) is 0 Å². The molecular formula is C21H17FINO5S. The molecule has 0 saturated carbocycles. The normalized spacial score (nSPS) is 16.1. The summed E-state index contributed by atoms with van der Waals surface area (Å²) in [6, 6.07) is 10.4. The summed E-state index contributed by atoms with van der Waals surface area (Å²) in [7, 11) is 1.20. The van der Waals surface area contributed by atoms with Crippen LogP contribution < -0.4 is 4.74 Å². The van der Waals surface area contributed by atoms with Crippen molar-refractivity contribution in [2.75, 3.05) is 7.11 Å². The van der Waals surface area contributed by atoms with Gasteiger partial charge < -0.3 is 9.47 Å². The Hall–Kier alpha value is -2.40. The Labute approximate surface area is 190 Å². The average molecular weight is 541 g/mol. The van der Waals surface area contributed by atoms with E-state index in [0.717, 1.165) is 25.8 Å². The van der Waals surface area contributed by atoms with Crippen molar-refractivity contribution in [3.63, 3.8) is 0 Å². The van der Waals surface area contributed by atoms with Crippen LogP contribution in [0.1, 0.15) is 18.1 Å². The molecule has 1 atom stereocenters. The third-order valence-corrected chi connectivity index (χ3v) is 6.04. The monoisotopic (exact) mass is 541 g/mol. The average Bonchev–Trinajstić information content (AvgIpc) is 3.00. The van der Waals surface area contributed by atoms with Crippen LogP contribution in [0.25, 0.3) is 6.08 Å². The molecular weight excluding hydrogens is 524 g/mol. The fourth-order valence-corrected chi connectivity index (χ4v) is 4.31. The van der Waals surface area contributed by atoms with Gasteiger partial charge in [0.2, 0.25) is 0 Å². The van der Waals surface area contributed by atoms with Gasteiger partial charge in [-0.05, 0) is 82.7 Å². The number of benzene rings is 2. The van der Waals surface area contributed by atoms with Gasteiger partial charge in [0, 0.05) is 0 Å². The zero-order valence-corrected chi connectivity index (χ0v) is 19.0. The maximum atomic E-state index is 13.0. The van der Waals surface area contributed by atoms with Gasteiger partial charge in [0.05, 0.1) is 15.6 Å². The fourth-order valence-electron chi connectivity index (χ4n) is 2.71. The van der Waals surface area contributed by atoms with Gasteiger partial charge in [0.15, 0.2) is 0 Å². The number of rotatable bonds is 6. The highest BCUT2D eigenvalue weighted by atomic mass is 127. The molecule has 0 unspecified atom stereocenters. The molecule has 0 spiro atoms. The summed E-state index contributed by atoms with van der Waals surface area (Å²) in [4.78, 5) is 37.6. The lowest BCUT2D eigenvalue weighted by molar-refractivity contribution is -0.148. The summed E-state index contributed by atoms with van der Waals surface area (Å²) in [6.45, 7) is 1.74. The van der Waals surface area contributed by atoms with Crippen LogP contribution in [0.3, 0.4) is 0 Å². The molecule has 1 fully saturated rings. The van der Waals surface area contributed by atoms with Gasteiger partial charge in [0.1, 0.15) is 24.2 Å². The van der Waals surface area contributed by atoms with E-state index in [-0.39, 0.29) is 10.7 Å². The van der Waals surface area contributed by atoms with Crippen molar-refractivity contribution in [2.45, 2.75) is 19.6 Å². The first-order chi connectivity index (χ1) is 14.3. The number of halogens is 2. The van der Waals surface area contributed by atoms with Gasteiger partial charge in [-0.3, -0.25) is 14.5 Å². The van der Waals surface area contributed by atoms with Crippen LogP contribution in [0.5, 0.6) is 5.75 Å². The largest absolute Gasteiger partial charge is 0.488 e. The van der Waals surface area contributed by atoms with Crippen LogP contribution in [0.4, 0.5) is 9.18 Å². The molecule has 9 heteroatoms. The van der Waals surface area contributed by atoms with Gasteiger partial charge in [-0.2, -0.15) is 0 Å². The summed E-state index contributed by atoms with van der Waals surface area (Å²) in [5.74, 6) is -0.849. The Morgan fingerprint density at radius 2 is 1.93 bits per heavy atom. The Bertz CT molecular complexity index is 1020. The number of carbonyl (C=O) groups excluding carboxylic acids is 3. The number of ether oxygens (including phenoxy) is 2. The van der Waals surface area contributed by atoms with Gasteiger partial charge in [-0.25, -0.2) is 9.18 Å². The molecule has 6 nitrogen and oxygen atoms in total. The minimum Gasteiger partial charge on any atom is -0.488 e. The second-order valence-corrected chi connectivity index (χ2v) is 8.51. The summed E-state index contributed by atoms with van der Waals surface area (Å²) in [5, 5.41) is -0.516. The summed E-state index contributed by atoms with van der Waals surface area (Å²) < 4.78 is 24.2. The smallest absolute Gasteiger partial charge is 0.328 e. The number of hydrogen-bond donors (Lipinski definition) is 0. The second kappa shape index (κ2) is 9.61. The van der Waals surface area contributed by atoms with E-state index in [0.29, 0.717) is 17.9 Å². The minimum atomic E-state index is -0.990. The number of thioether (sulfide) groups is 1. The third kappa shape index (κ3) is 5.01. The molecule has 0 radical (unpaired) electrons. The topological polar surface area (TPSA) is 72.9 Å². The van der Waals surface area contributed by atoms with E-state index in [1.165, 1.54) is 26.2 Å². The number of amides is 2. The number of nitrogens with zero attached hydrogens (tertiary/aromatic N) is 1. The van der Waals surface area contributed by atoms with Crippen LogP contribution >= 0.6 is 34.4 Å². The van der Waals surface area contributed by atoms with Gasteiger partial charge >= 0.3 is 5.97 Å². The molecule has 2 aromatic carbocycles. The molecule has 2 amide bonds. The number of methoxy groups -OCH3 is 1. The first-order valence-corrected chi connectivity index (χ1v) is 10.7. The van der Waals surface area contributed by atoms with Gasteiger partial charge in [0.25, 0.3) is 11.1 Å². The number of esters is 1. The Kier molecular flexibility index (Phi) is 7.14. The molecule has 156 valence electrons. The predicted molar refractivity (Wildman–Crippen MR) is 119 cm³/mol. The minimum absolute atomic E-state index is 0.228. The molecule has 0 bridgehead atoms. The first kappa shape index (κ1) is 22.3. The second-order valence-electron chi connectivity index (χ2n) is 6.36. The van der Waals surface area contributed by atoms with Crippen LogP contribution in [-0.2, 0) is 20.9 Å². The predicted octanol–water partition coefficient (Wildman–Crippen LogP) is 4.61. The highest BCUT2D eigenvalue weighted by Gasteiger charge is 2.41. The third-order valence-electron chi connectivity index (χ3n) is 4.31. The zero-order valence-electron chi connectivity index (χ0n) is 16.1. The van der Waals surface area contributed by atoms with Crippen molar-refractivity contribution >= 4 is 57.5 Å². The first-order valence-electron chi connectivity index (χ1n) is 8.82. The lowest BCUT2D eigenvalue weighted by Gasteiger charge is -2.18. The molecule has 1 aliphatic rings. The Balaban J connectivity index is 1.72. The SMILES string of the molecule is COC(=O)[C@H](C)N1C(=O)S/C(=C/c2ccc(OCc3ccc(F)cc3)c(I)c2)C1=O. The summed E-state index contributed by atoms with van der Waals surface area (Å²) >= 11 is 2.89. The molecule has 0 N–H and O–H groups in total. The van der Waals surface area contributed by atoms with E-state index in [1.54, 1.807) is 30.3 Å². The highest BCUT2D eigenvalue weighted by Crippen LogP contribution is 2.34. The van der Waals surface area contributed by atoms with Crippen LogP contribution in [0.15, 0.2) is 47.4 Å². The quantitative estimate of drug-likeness (QED) is 0.302. The molecule has 30 heavy (non-hydrogen) atoms. The summed E-state index contributed by atoms with van der Waals surface area (Å²) in [6.07, 6.45) is 1.60. The highest BCUT2D eigenvalue weighted by molar-refractivity contribution is 14.1. The lowest BCUT2D eigenvalue weighted by Crippen LogP contribution is -2.42. The van der Waals surface area contributed by atoms with Crippen molar-refractivity contribution in [3.05, 3.63) is 67.9 Å². The maximum Gasteiger partial charge on any atom is 0.328 e. The van der Waals surface area contributed by atoms with E-state index in [4.69, 9.17) is 4.74 Å². The number of carbonyl (C=O) groups is 3. The maximum absolute atomic E-state index is 13.0. The molecule has 0 aromatic heterocycles. The number of hydrogen-bond acceptors (Lipinski definition) is 6. The Morgan fingerprint density at radius 1 is 1.23 bits per heavy atom. The van der Waals surface area contributed by atoms with Gasteiger partial charge in [-0.15, -0.1) is 0 Å². The fraction of sp³-hybridized carbons (Fsp3) is 0.190. The van der Waals surface area contributed by atoms with E-state index >= 15 is 0 Å². The standard InChI is InChI=1S/C21H17FINO5S/c1-12(20(26)28-2)24-19(25)18(30-21(24)27)10-14-5-8-17(16(23)9-14)29-11-13-3-6-15(22)7-4-13/h3-10,12H,11H2,1-2H3/b18-10+/t12-/m0/s1. The van der Waals surface area contributed by atoms with E-state index in [9.17, 15) is 18.8 Å². The zero-order chi connectivity index (χ0) is 21.8. The molecule has 3 rings (SSSR count). The summed E-state index contributed by atoms with van der Waals surface area (Å²) in [5.41, 5.74) is 1.55. The molecule has 2 aromatic rings. The van der Waals surface area contributed by atoms with Crippen molar-refractivity contribution in [1.82, 2.24) is 4.90 Å². The van der Waals surface area contributed by atoms with E-state index in [2.05, 4.69) is 27.3 Å². The van der Waals surface area contributed by atoms with E-state index in [1.807, 2.05) is 6.07 Å². The van der Waals surface area contributed by atoms with Gasteiger partial charge in [-0.1, -0.05) is 18.2 Å². The lowest BCUT2D eigenvalue weighted by atomic mass is 10.2.